The summed E-state index contributed by atoms with van der Waals surface area (Å²) in [5, 5.41) is 25.9. The Morgan fingerprint density at radius 1 is 0.905 bits per heavy atom. The Morgan fingerprint density at radius 3 is 2.67 bits per heavy atom. The zero-order valence-corrected chi connectivity index (χ0v) is 24.9. The fourth-order valence-corrected chi connectivity index (χ4v) is 9.95. The number of nitrogens with zero attached hydrogens (tertiary/aromatic N) is 3. The number of nitrogens with one attached hydrogen (secondary N) is 1. The van der Waals surface area contributed by atoms with Crippen LogP contribution >= 0.6 is 0 Å². The maximum atomic E-state index is 13.1. The van der Waals surface area contributed by atoms with Crippen LogP contribution in [0.25, 0.3) is 27.4 Å². The van der Waals surface area contributed by atoms with E-state index in [2.05, 4.69) is 45.1 Å². The zero-order valence-electron chi connectivity index (χ0n) is 24.9. The third-order valence-corrected chi connectivity index (χ3v) is 11.6. The van der Waals surface area contributed by atoms with Gasteiger partial charge < -0.3 is 20.1 Å². The predicted molar refractivity (Wildman–Crippen MR) is 169 cm³/mol. The van der Waals surface area contributed by atoms with Gasteiger partial charge in [-0.15, -0.1) is 0 Å². The Labute approximate surface area is 249 Å². The van der Waals surface area contributed by atoms with E-state index in [1.54, 1.807) is 6.07 Å². The number of pyridine rings is 1. The standard InChI is InChI=1S/C36H46N4O2/c41-30-14-11-13-26-27-15-18-37-32(33(27)38-31(26)30)28-23-36(42)17-8-4-1-2-5-9-19-39-21-16-29(28)35(24-39)22-25-12-7-3-6-10-20-40(25)34(35)36/h7,11-15,18,23,25,29,34,38,41-42H,1-6,8-10,16-17,19-22,24H2/b12-7-/t25-,29-,34+,35-,36-/m1/s1. The number of phenols is 1. The molecule has 0 amide bonds. The number of benzene rings is 1. The van der Waals surface area contributed by atoms with Gasteiger partial charge in [-0.3, -0.25) is 9.88 Å². The van der Waals surface area contributed by atoms with E-state index in [1.165, 1.54) is 63.5 Å². The molecule has 222 valence electrons. The highest BCUT2D eigenvalue weighted by Crippen LogP contribution is 2.61. The number of aromatic amines is 1. The lowest BCUT2D eigenvalue weighted by molar-refractivity contribution is -0.0905. The van der Waals surface area contributed by atoms with Crippen LogP contribution in [0.4, 0.5) is 0 Å². The second-order valence-electron chi connectivity index (χ2n) is 14.1. The first-order valence-electron chi connectivity index (χ1n) is 16.8. The molecule has 6 heteroatoms. The van der Waals surface area contributed by atoms with Gasteiger partial charge in [-0.25, -0.2) is 0 Å². The van der Waals surface area contributed by atoms with E-state index in [4.69, 9.17) is 4.98 Å². The van der Waals surface area contributed by atoms with Crippen molar-refractivity contribution in [3.63, 3.8) is 0 Å². The van der Waals surface area contributed by atoms with Crippen molar-refractivity contribution >= 4 is 27.4 Å². The van der Waals surface area contributed by atoms with Crippen LogP contribution in [0.2, 0.25) is 0 Å². The molecule has 6 nitrogen and oxygen atoms in total. The maximum Gasteiger partial charge on any atom is 0.139 e. The number of hydrogen-bond acceptors (Lipinski definition) is 5. The molecule has 3 bridgehead atoms. The van der Waals surface area contributed by atoms with Crippen LogP contribution in [0.15, 0.2) is 48.7 Å². The average Bonchev–Trinajstić information content (AvgIpc) is 3.50. The maximum absolute atomic E-state index is 13.1. The molecular formula is C36H46N4O2. The average molecular weight is 567 g/mol. The lowest BCUT2D eigenvalue weighted by Crippen LogP contribution is -2.65. The van der Waals surface area contributed by atoms with E-state index in [1.807, 2.05) is 12.3 Å². The van der Waals surface area contributed by atoms with Crippen LogP contribution in [-0.2, 0) is 0 Å². The molecule has 42 heavy (non-hydrogen) atoms. The summed E-state index contributed by atoms with van der Waals surface area (Å²) >= 11 is 0. The number of aromatic nitrogens is 2. The van der Waals surface area contributed by atoms with Crippen molar-refractivity contribution in [2.75, 3.05) is 26.2 Å². The fraction of sp³-hybridized carbons (Fsp3) is 0.583. The summed E-state index contributed by atoms with van der Waals surface area (Å²) in [7, 11) is 0. The Hall–Kier alpha value is -2.67. The van der Waals surface area contributed by atoms with Gasteiger partial charge >= 0.3 is 0 Å². The molecule has 3 fully saturated rings. The number of fused-ring (bicyclic) bond motifs is 5. The van der Waals surface area contributed by atoms with E-state index in [0.717, 1.165) is 72.8 Å². The van der Waals surface area contributed by atoms with E-state index in [-0.39, 0.29) is 17.2 Å². The summed E-state index contributed by atoms with van der Waals surface area (Å²) in [5.41, 5.74) is 3.03. The summed E-state index contributed by atoms with van der Waals surface area (Å²) in [6, 6.07) is 8.32. The minimum atomic E-state index is -0.900. The van der Waals surface area contributed by atoms with E-state index in [0.29, 0.717) is 12.0 Å². The molecule has 3 saturated heterocycles. The lowest BCUT2D eigenvalue weighted by atomic mass is 9.54. The van der Waals surface area contributed by atoms with Crippen LogP contribution in [0.5, 0.6) is 5.75 Å². The van der Waals surface area contributed by atoms with Crippen molar-refractivity contribution in [3.05, 3.63) is 54.4 Å². The van der Waals surface area contributed by atoms with Crippen molar-refractivity contribution < 1.29 is 10.2 Å². The number of phenolic OH excluding ortho intramolecular Hbond substituents is 1. The van der Waals surface area contributed by atoms with Crippen LogP contribution in [0.1, 0.15) is 82.7 Å². The van der Waals surface area contributed by atoms with Gasteiger partial charge in [0.05, 0.1) is 28.4 Å². The van der Waals surface area contributed by atoms with E-state index in [9.17, 15) is 10.2 Å². The van der Waals surface area contributed by atoms with Crippen LogP contribution < -0.4 is 0 Å². The number of aliphatic hydroxyl groups is 1. The quantitative estimate of drug-likeness (QED) is 0.283. The van der Waals surface area contributed by atoms with Gasteiger partial charge in [0.1, 0.15) is 5.75 Å². The number of hydrogen-bond donors (Lipinski definition) is 3. The number of para-hydroxylation sites is 1. The zero-order chi connectivity index (χ0) is 28.3. The van der Waals surface area contributed by atoms with Crippen LogP contribution in [0.3, 0.4) is 0 Å². The first-order valence-corrected chi connectivity index (χ1v) is 16.8. The minimum Gasteiger partial charge on any atom is -0.506 e. The number of H-pyrrole nitrogens is 1. The van der Waals surface area contributed by atoms with Crippen LogP contribution in [-0.4, -0.2) is 73.8 Å². The highest BCUT2D eigenvalue weighted by atomic mass is 16.3. The van der Waals surface area contributed by atoms with Gasteiger partial charge in [0.15, 0.2) is 0 Å². The summed E-state index contributed by atoms with van der Waals surface area (Å²) in [4.78, 5) is 14.2. The Bertz CT molecular complexity index is 1540. The Morgan fingerprint density at radius 2 is 1.74 bits per heavy atom. The first kappa shape index (κ1) is 26.9. The topological polar surface area (TPSA) is 75.6 Å². The molecule has 0 radical (unpaired) electrons. The fourth-order valence-electron chi connectivity index (χ4n) is 9.95. The number of aromatic hydroxyl groups is 1. The smallest absolute Gasteiger partial charge is 0.139 e. The van der Waals surface area contributed by atoms with Gasteiger partial charge in [0.25, 0.3) is 0 Å². The molecule has 2 aromatic heterocycles. The molecular weight excluding hydrogens is 520 g/mol. The molecule has 1 aromatic carbocycles. The predicted octanol–water partition coefficient (Wildman–Crippen LogP) is 6.79. The van der Waals surface area contributed by atoms with Gasteiger partial charge in [0.2, 0.25) is 0 Å². The second kappa shape index (κ2) is 10.5. The molecule has 6 atom stereocenters. The number of allylic oxidation sites excluding steroid dienone is 2. The van der Waals surface area contributed by atoms with Gasteiger partial charge in [-0.05, 0) is 94.3 Å². The normalized spacial score (nSPS) is 36.6. The highest BCUT2D eigenvalue weighted by molar-refractivity contribution is 6.11. The molecule has 6 heterocycles. The van der Waals surface area contributed by atoms with Crippen molar-refractivity contribution in [1.29, 1.82) is 0 Å². The molecule has 1 spiro atoms. The molecule has 1 unspecified atom stereocenters. The molecule has 0 saturated carbocycles. The lowest BCUT2D eigenvalue weighted by Gasteiger charge is -2.58. The Balaban J connectivity index is 1.34. The SMILES string of the molecule is Oc1cccc2c1[nH]c1c(C3=C[C@]4(O)CCCCCCCCN5CC[C@H]3[C@@]3(C[C@H]6/C=C\CCCCN6[C@@H]34)C5)nccc12. The Kier molecular flexibility index (Phi) is 6.73. The third-order valence-electron chi connectivity index (χ3n) is 11.6. The van der Waals surface area contributed by atoms with Gasteiger partial charge in [-0.2, -0.15) is 0 Å². The largest absolute Gasteiger partial charge is 0.506 e. The summed E-state index contributed by atoms with van der Waals surface area (Å²) in [6.07, 6.45) is 23.2. The third kappa shape index (κ3) is 4.20. The van der Waals surface area contributed by atoms with Crippen molar-refractivity contribution in [2.45, 2.75) is 94.7 Å². The molecule has 3 N–H and O–H groups in total. The van der Waals surface area contributed by atoms with E-state index < -0.39 is 5.60 Å². The van der Waals surface area contributed by atoms with Gasteiger partial charge in [-0.1, -0.05) is 56.4 Å². The molecule has 4 aliphatic heterocycles. The number of rotatable bonds is 1. The van der Waals surface area contributed by atoms with Gasteiger partial charge in [0, 0.05) is 35.0 Å². The summed E-state index contributed by atoms with van der Waals surface area (Å²) in [6.45, 7) is 4.42. The summed E-state index contributed by atoms with van der Waals surface area (Å²) < 4.78 is 0. The van der Waals surface area contributed by atoms with Crippen molar-refractivity contribution in [1.82, 2.24) is 19.8 Å². The van der Waals surface area contributed by atoms with E-state index >= 15 is 0 Å². The molecule has 5 aliphatic rings. The monoisotopic (exact) mass is 566 g/mol. The minimum absolute atomic E-state index is 0.0253. The highest BCUT2D eigenvalue weighted by Gasteiger charge is 2.65. The van der Waals surface area contributed by atoms with Crippen molar-refractivity contribution in [3.8, 4) is 5.75 Å². The summed E-state index contributed by atoms with van der Waals surface area (Å²) in [5.74, 6) is 0.606. The second-order valence-corrected chi connectivity index (χ2v) is 14.1. The molecule has 1 aliphatic carbocycles. The number of piperidine rings is 1. The first-order chi connectivity index (χ1) is 20.6. The van der Waals surface area contributed by atoms with Crippen molar-refractivity contribution in [2.24, 2.45) is 11.3 Å². The van der Waals surface area contributed by atoms with Crippen LogP contribution in [0, 0.1) is 11.3 Å². The molecule has 3 aromatic rings. The molecule has 8 rings (SSSR count).